The maximum atomic E-state index is 12.2. The molecule has 3 rings (SSSR count). The third-order valence-electron chi connectivity index (χ3n) is 3.95. The molecule has 1 aromatic heterocycles. The Balaban J connectivity index is 1.57. The highest BCUT2D eigenvalue weighted by molar-refractivity contribution is 7.98. The van der Waals surface area contributed by atoms with Crippen molar-refractivity contribution in [1.29, 1.82) is 0 Å². The minimum Gasteiger partial charge on any atom is -0.494 e. The van der Waals surface area contributed by atoms with Crippen molar-refractivity contribution < 1.29 is 13.9 Å². The van der Waals surface area contributed by atoms with Crippen molar-refractivity contribution in [2.75, 3.05) is 18.2 Å². The number of anilines is 1. The maximum absolute atomic E-state index is 12.2. The number of amides is 1. The third-order valence-corrected chi connectivity index (χ3v) is 4.75. The molecule has 1 N–H and O–H groups in total. The Morgan fingerprint density at radius 2 is 1.96 bits per heavy atom. The average Bonchev–Trinajstić information content (AvgIpc) is 3.17. The molecule has 0 unspecified atom stereocenters. The van der Waals surface area contributed by atoms with Gasteiger partial charge in [-0.15, -0.1) is 11.8 Å². The van der Waals surface area contributed by atoms with Crippen molar-refractivity contribution in [2.24, 2.45) is 0 Å². The van der Waals surface area contributed by atoms with E-state index in [1.165, 1.54) is 0 Å². The lowest BCUT2D eigenvalue weighted by atomic mass is 10.2. The van der Waals surface area contributed by atoms with Crippen LogP contribution in [0.3, 0.4) is 0 Å². The van der Waals surface area contributed by atoms with E-state index in [9.17, 15) is 4.79 Å². The number of ether oxygens (including phenoxy) is 1. The van der Waals surface area contributed by atoms with Crippen molar-refractivity contribution >= 4 is 23.4 Å². The molecule has 3 aromatic rings. The summed E-state index contributed by atoms with van der Waals surface area (Å²) in [6.45, 7) is 2.59. The molecule has 0 fully saturated rings. The SMILES string of the molecule is CCOc1ccc(-c2cnc(CCC(=O)Nc3ccccc3SC)o2)cc1. The van der Waals surface area contributed by atoms with E-state index < -0.39 is 0 Å². The molecule has 0 aliphatic rings. The second kappa shape index (κ2) is 9.28. The Labute approximate surface area is 163 Å². The zero-order chi connectivity index (χ0) is 19.1. The second-order valence-electron chi connectivity index (χ2n) is 5.82. The molecule has 0 spiro atoms. The minimum atomic E-state index is -0.0580. The molecule has 0 saturated carbocycles. The third kappa shape index (κ3) is 5.14. The van der Waals surface area contributed by atoms with Gasteiger partial charge in [-0.1, -0.05) is 12.1 Å². The molecule has 5 nitrogen and oxygen atoms in total. The number of rotatable bonds is 8. The number of hydrogen-bond acceptors (Lipinski definition) is 5. The van der Waals surface area contributed by atoms with Gasteiger partial charge in [-0.05, 0) is 49.6 Å². The van der Waals surface area contributed by atoms with Crippen molar-refractivity contribution in [3.63, 3.8) is 0 Å². The predicted molar refractivity (Wildman–Crippen MR) is 108 cm³/mol. The number of aryl methyl sites for hydroxylation is 1. The summed E-state index contributed by atoms with van der Waals surface area (Å²) >= 11 is 1.60. The molecule has 140 valence electrons. The van der Waals surface area contributed by atoms with Gasteiger partial charge in [-0.25, -0.2) is 4.98 Å². The van der Waals surface area contributed by atoms with Gasteiger partial charge in [0.2, 0.25) is 5.91 Å². The van der Waals surface area contributed by atoms with Gasteiger partial charge in [0, 0.05) is 23.3 Å². The first kappa shape index (κ1) is 19.0. The fourth-order valence-corrected chi connectivity index (χ4v) is 3.18. The molecular formula is C21H22N2O3S. The minimum absolute atomic E-state index is 0.0580. The van der Waals surface area contributed by atoms with Crippen LogP contribution in [0.4, 0.5) is 5.69 Å². The fraction of sp³-hybridized carbons (Fsp3) is 0.238. The van der Waals surface area contributed by atoms with Gasteiger partial charge in [0.1, 0.15) is 5.75 Å². The van der Waals surface area contributed by atoms with Gasteiger partial charge in [0.15, 0.2) is 11.7 Å². The van der Waals surface area contributed by atoms with Crippen molar-refractivity contribution in [2.45, 2.75) is 24.7 Å². The average molecular weight is 382 g/mol. The number of nitrogens with zero attached hydrogens (tertiary/aromatic N) is 1. The van der Waals surface area contributed by atoms with E-state index in [4.69, 9.17) is 9.15 Å². The molecule has 2 aromatic carbocycles. The summed E-state index contributed by atoms with van der Waals surface area (Å²) in [7, 11) is 0. The number of hydrogen-bond donors (Lipinski definition) is 1. The normalized spacial score (nSPS) is 10.6. The predicted octanol–water partition coefficient (Wildman–Crippen LogP) is 5.03. The lowest BCUT2D eigenvalue weighted by Gasteiger charge is -2.08. The zero-order valence-corrected chi connectivity index (χ0v) is 16.2. The molecular weight excluding hydrogens is 360 g/mol. The summed E-state index contributed by atoms with van der Waals surface area (Å²) in [5.74, 6) is 1.99. The molecule has 0 saturated heterocycles. The first-order valence-electron chi connectivity index (χ1n) is 8.80. The van der Waals surface area contributed by atoms with Crippen LogP contribution in [-0.4, -0.2) is 23.8 Å². The van der Waals surface area contributed by atoms with Gasteiger partial charge < -0.3 is 14.5 Å². The molecule has 1 amide bonds. The van der Waals surface area contributed by atoms with Gasteiger partial charge in [-0.3, -0.25) is 4.79 Å². The first-order valence-corrected chi connectivity index (χ1v) is 10.0. The number of carbonyl (C=O) groups is 1. The Bertz CT molecular complexity index is 890. The lowest BCUT2D eigenvalue weighted by molar-refractivity contribution is -0.116. The summed E-state index contributed by atoms with van der Waals surface area (Å²) in [5.41, 5.74) is 1.76. The topological polar surface area (TPSA) is 64.4 Å². The van der Waals surface area contributed by atoms with E-state index in [1.807, 2.05) is 61.7 Å². The molecule has 0 radical (unpaired) electrons. The zero-order valence-electron chi connectivity index (χ0n) is 15.4. The standard InChI is InChI=1S/C21H22N2O3S/c1-3-25-16-10-8-15(9-11-16)18-14-22-21(26-18)13-12-20(24)23-17-6-4-5-7-19(17)27-2/h4-11,14H,3,12-13H2,1-2H3,(H,23,24). The van der Waals surface area contributed by atoms with E-state index in [2.05, 4.69) is 10.3 Å². The van der Waals surface area contributed by atoms with Crippen LogP contribution in [0, 0.1) is 0 Å². The highest BCUT2D eigenvalue weighted by atomic mass is 32.2. The number of carbonyl (C=O) groups excluding carboxylic acids is 1. The van der Waals surface area contributed by atoms with Crippen LogP contribution in [0.2, 0.25) is 0 Å². The number of nitrogens with one attached hydrogen (secondary N) is 1. The van der Waals surface area contributed by atoms with E-state index in [0.717, 1.165) is 21.9 Å². The highest BCUT2D eigenvalue weighted by Gasteiger charge is 2.10. The van der Waals surface area contributed by atoms with Crippen LogP contribution >= 0.6 is 11.8 Å². The number of aromatic nitrogens is 1. The van der Waals surface area contributed by atoms with Crippen LogP contribution in [0.15, 0.2) is 64.0 Å². The molecule has 27 heavy (non-hydrogen) atoms. The Morgan fingerprint density at radius 3 is 2.70 bits per heavy atom. The van der Waals surface area contributed by atoms with E-state index in [-0.39, 0.29) is 5.91 Å². The fourth-order valence-electron chi connectivity index (χ4n) is 2.62. The maximum Gasteiger partial charge on any atom is 0.224 e. The van der Waals surface area contributed by atoms with Gasteiger partial charge in [-0.2, -0.15) is 0 Å². The quantitative estimate of drug-likeness (QED) is 0.553. The van der Waals surface area contributed by atoms with Crippen molar-refractivity contribution in [3.05, 3.63) is 60.6 Å². The summed E-state index contributed by atoms with van der Waals surface area (Å²) in [5, 5.41) is 2.95. The molecule has 0 atom stereocenters. The Kier molecular flexibility index (Phi) is 6.54. The molecule has 0 bridgehead atoms. The number of benzene rings is 2. The summed E-state index contributed by atoms with van der Waals surface area (Å²) in [4.78, 5) is 17.5. The number of para-hydroxylation sites is 1. The summed E-state index contributed by atoms with van der Waals surface area (Å²) in [6.07, 6.45) is 4.43. The van der Waals surface area contributed by atoms with E-state index >= 15 is 0 Å². The second-order valence-corrected chi connectivity index (χ2v) is 6.67. The summed E-state index contributed by atoms with van der Waals surface area (Å²) in [6, 6.07) is 15.4. The largest absolute Gasteiger partial charge is 0.494 e. The summed E-state index contributed by atoms with van der Waals surface area (Å²) < 4.78 is 11.2. The Hall–Kier alpha value is -2.73. The van der Waals surface area contributed by atoms with Gasteiger partial charge >= 0.3 is 0 Å². The smallest absolute Gasteiger partial charge is 0.224 e. The van der Waals surface area contributed by atoms with E-state index in [0.29, 0.717) is 31.1 Å². The number of oxazole rings is 1. The molecule has 1 heterocycles. The van der Waals surface area contributed by atoms with Crippen molar-refractivity contribution in [3.8, 4) is 17.1 Å². The molecule has 0 aliphatic heterocycles. The Morgan fingerprint density at radius 1 is 1.19 bits per heavy atom. The van der Waals surface area contributed by atoms with E-state index in [1.54, 1.807) is 18.0 Å². The molecule has 6 heteroatoms. The van der Waals surface area contributed by atoms with Crippen molar-refractivity contribution in [1.82, 2.24) is 4.98 Å². The molecule has 0 aliphatic carbocycles. The number of thioether (sulfide) groups is 1. The van der Waals surface area contributed by atoms with Crippen LogP contribution in [-0.2, 0) is 11.2 Å². The van der Waals surface area contributed by atoms with Crippen LogP contribution in [0.25, 0.3) is 11.3 Å². The van der Waals surface area contributed by atoms with Crippen LogP contribution < -0.4 is 10.1 Å². The van der Waals surface area contributed by atoms with Gasteiger partial charge in [0.05, 0.1) is 18.5 Å². The highest BCUT2D eigenvalue weighted by Crippen LogP contribution is 2.25. The van der Waals surface area contributed by atoms with Crippen LogP contribution in [0.1, 0.15) is 19.2 Å². The van der Waals surface area contributed by atoms with Gasteiger partial charge in [0.25, 0.3) is 0 Å². The lowest BCUT2D eigenvalue weighted by Crippen LogP contribution is -2.13. The first-order chi connectivity index (χ1) is 13.2. The van der Waals surface area contributed by atoms with Crippen LogP contribution in [0.5, 0.6) is 5.75 Å². The monoisotopic (exact) mass is 382 g/mol.